The number of carbonyl (C=O) groups excluding carboxylic acids is 1. The third-order valence-corrected chi connectivity index (χ3v) is 6.09. The molecule has 4 aromatic rings. The minimum Gasteiger partial charge on any atom is -0.366 e. The number of piperazine rings is 1. The number of anilines is 1. The molecular weight excluding hydrogens is 423 g/mol. The number of amides is 1. The fraction of sp³-hybridized carbons (Fsp3) is 0.333. The normalized spacial score (nSPS) is 14.4. The molecular formula is C24H25FN6O2. The van der Waals surface area contributed by atoms with Crippen molar-refractivity contribution < 1.29 is 9.18 Å². The van der Waals surface area contributed by atoms with E-state index in [2.05, 4.69) is 10.1 Å². The van der Waals surface area contributed by atoms with Gasteiger partial charge in [0.1, 0.15) is 12.4 Å². The van der Waals surface area contributed by atoms with Gasteiger partial charge in [-0.05, 0) is 30.7 Å². The van der Waals surface area contributed by atoms with E-state index >= 15 is 0 Å². The summed E-state index contributed by atoms with van der Waals surface area (Å²) in [6, 6.07) is 14.1. The minimum absolute atomic E-state index is 0.0854. The van der Waals surface area contributed by atoms with Crippen LogP contribution >= 0.6 is 0 Å². The van der Waals surface area contributed by atoms with Crippen molar-refractivity contribution in [3.05, 3.63) is 70.7 Å². The third kappa shape index (κ3) is 3.83. The summed E-state index contributed by atoms with van der Waals surface area (Å²) in [7, 11) is 0. The summed E-state index contributed by atoms with van der Waals surface area (Å²) in [5.41, 5.74) is 1.34. The first kappa shape index (κ1) is 21.1. The largest absolute Gasteiger partial charge is 0.366 e. The van der Waals surface area contributed by atoms with Gasteiger partial charge in [-0.25, -0.2) is 14.2 Å². The van der Waals surface area contributed by atoms with E-state index < -0.39 is 0 Å². The lowest BCUT2D eigenvalue weighted by molar-refractivity contribution is -0.132. The molecule has 0 saturated carbocycles. The maximum absolute atomic E-state index is 14.1. The van der Waals surface area contributed by atoms with E-state index in [0.717, 1.165) is 11.8 Å². The van der Waals surface area contributed by atoms with Crippen LogP contribution in [0.4, 0.5) is 10.1 Å². The molecule has 1 aliphatic rings. The number of fused-ring (bicyclic) bond motifs is 3. The van der Waals surface area contributed by atoms with Crippen LogP contribution in [0.3, 0.4) is 0 Å². The fourth-order valence-corrected chi connectivity index (χ4v) is 4.40. The van der Waals surface area contributed by atoms with E-state index in [1.807, 2.05) is 36.1 Å². The Balaban J connectivity index is 1.41. The molecule has 0 aliphatic carbocycles. The first-order valence-electron chi connectivity index (χ1n) is 11.2. The van der Waals surface area contributed by atoms with Crippen molar-refractivity contribution in [3.8, 4) is 0 Å². The van der Waals surface area contributed by atoms with Gasteiger partial charge in [0.2, 0.25) is 5.91 Å². The zero-order chi connectivity index (χ0) is 22.9. The minimum atomic E-state index is -0.378. The lowest BCUT2D eigenvalue weighted by Gasteiger charge is -2.36. The van der Waals surface area contributed by atoms with Crippen LogP contribution in [0.15, 0.2) is 53.3 Å². The van der Waals surface area contributed by atoms with Gasteiger partial charge in [-0.1, -0.05) is 31.2 Å². The summed E-state index contributed by atoms with van der Waals surface area (Å²) in [5, 5.41) is 5.17. The molecule has 1 amide bonds. The summed E-state index contributed by atoms with van der Waals surface area (Å²) in [6.07, 6.45) is 1.56. The van der Waals surface area contributed by atoms with E-state index in [1.54, 1.807) is 23.1 Å². The number of benzene rings is 2. The highest BCUT2D eigenvalue weighted by Crippen LogP contribution is 2.21. The molecule has 9 heteroatoms. The summed E-state index contributed by atoms with van der Waals surface area (Å²) in [5.74, 6) is 0.204. The van der Waals surface area contributed by atoms with Crippen molar-refractivity contribution in [2.75, 3.05) is 31.1 Å². The zero-order valence-electron chi connectivity index (χ0n) is 18.4. The summed E-state index contributed by atoms with van der Waals surface area (Å²) >= 11 is 0. The first-order chi connectivity index (χ1) is 16.1. The van der Waals surface area contributed by atoms with E-state index in [1.165, 1.54) is 15.1 Å². The van der Waals surface area contributed by atoms with Gasteiger partial charge >= 0.3 is 5.69 Å². The Hall–Kier alpha value is -3.75. The lowest BCUT2D eigenvalue weighted by atomic mass is 10.2. The van der Waals surface area contributed by atoms with Crippen molar-refractivity contribution in [2.24, 2.45) is 0 Å². The molecule has 0 spiro atoms. The molecule has 1 saturated heterocycles. The molecule has 3 heterocycles. The van der Waals surface area contributed by atoms with Gasteiger partial charge in [0.25, 0.3) is 0 Å². The van der Waals surface area contributed by atoms with Crippen LogP contribution in [0.2, 0.25) is 0 Å². The highest BCUT2D eigenvalue weighted by molar-refractivity contribution is 5.92. The van der Waals surface area contributed by atoms with Crippen LogP contribution < -0.4 is 10.6 Å². The molecule has 0 radical (unpaired) electrons. The van der Waals surface area contributed by atoms with Gasteiger partial charge in [-0.15, -0.1) is 5.10 Å². The van der Waals surface area contributed by atoms with Crippen LogP contribution in [0, 0.1) is 5.82 Å². The second kappa shape index (κ2) is 8.65. The molecule has 1 aliphatic heterocycles. The average Bonchev–Trinajstić information content (AvgIpc) is 3.27. The average molecular weight is 449 g/mol. The Morgan fingerprint density at radius 3 is 2.52 bits per heavy atom. The molecule has 0 unspecified atom stereocenters. The zero-order valence-corrected chi connectivity index (χ0v) is 18.4. The summed E-state index contributed by atoms with van der Waals surface area (Å²) < 4.78 is 16.9. The number of carbonyl (C=O) groups is 1. The second-order valence-electron chi connectivity index (χ2n) is 8.22. The van der Waals surface area contributed by atoms with Crippen molar-refractivity contribution in [1.82, 2.24) is 24.1 Å². The summed E-state index contributed by atoms with van der Waals surface area (Å²) in [6.45, 7) is 3.94. The van der Waals surface area contributed by atoms with Gasteiger partial charge in [0.05, 0.1) is 11.2 Å². The van der Waals surface area contributed by atoms with Crippen molar-refractivity contribution in [2.45, 2.75) is 26.3 Å². The van der Waals surface area contributed by atoms with Gasteiger partial charge in [0.15, 0.2) is 11.5 Å². The van der Waals surface area contributed by atoms with Crippen LogP contribution in [0.5, 0.6) is 0 Å². The molecule has 33 heavy (non-hydrogen) atoms. The van der Waals surface area contributed by atoms with Gasteiger partial charge in [-0.3, -0.25) is 9.36 Å². The number of rotatable bonds is 5. The van der Waals surface area contributed by atoms with Gasteiger partial charge in [-0.2, -0.15) is 4.52 Å². The molecule has 2 aromatic heterocycles. The number of aromatic nitrogens is 4. The Bertz CT molecular complexity index is 1390. The van der Waals surface area contributed by atoms with Crippen molar-refractivity contribution in [3.63, 3.8) is 0 Å². The molecule has 0 atom stereocenters. The van der Waals surface area contributed by atoms with E-state index in [-0.39, 0.29) is 24.0 Å². The predicted molar refractivity (Wildman–Crippen MR) is 124 cm³/mol. The summed E-state index contributed by atoms with van der Waals surface area (Å²) in [4.78, 5) is 34.6. The smallest absolute Gasteiger partial charge is 0.351 e. The maximum Gasteiger partial charge on any atom is 0.351 e. The topological polar surface area (TPSA) is 75.7 Å². The van der Waals surface area contributed by atoms with Crippen LogP contribution in [0.1, 0.15) is 19.2 Å². The standard InChI is InChI=1S/C24H25FN6O2/c1-2-7-21-26-23-17-8-3-5-10-19(17)30(24(33)31(23)27-21)16-22(32)29-14-12-28(13-15-29)20-11-6-4-9-18(20)25/h3-6,8-11H,2,7,12-16H2,1H3. The molecule has 0 bridgehead atoms. The van der Waals surface area contributed by atoms with Crippen LogP contribution in [-0.4, -0.2) is 56.2 Å². The SMILES string of the molecule is CCCc1nc2c3ccccc3n(CC(=O)N3CCN(c4ccccc4F)CC3)c(=O)n2n1. The fourth-order valence-electron chi connectivity index (χ4n) is 4.40. The molecule has 2 aromatic carbocycles. The van der Waals surface area contributed by atoms with E-state index in [0.29, 0.717) is 55.3 Å². The highest BCUT2D eigenvalue weighted by Gasteiger charge is 2.24. The Morgan fingerprint density at radius 2 is 1.76 bits per heavy atom. The number of halogens is 1. The number of para-hydroxylation sites is 2. The van der Waals surface area contributed by atoms with Gasteiger partial charge in [0, 0.05) is 38.0 Å². The quantitative estimate of drug-likeness (QED) is 0.469. The molecule has 8 nitrogen and oxygen atoms in total. The molecule has 170 valence electrons. The molecule has 5 rings (SSSR count). The number of aryl methyl sites for hydroxylation is 1. The number of hydrogen-bond donors (Lipinski definition) is 0. The maximum atomic E-state index is 14.1. The van der Waals surface area contributed by atoms with Crippen molar-refractivity contribution in [1.29, 1.82) is 0 Å². The lowest BCUT2D eigenvalue weighted by Crippen LogP contribution is -2.50. The van der Waals surface area contributed by atoms with Crippen LogP contribution in [-0.2, 0) is 17.8 Å². The van der Waals surface area contributed by atoms with Crippen molar-refractivity contribution >= 4 is 28.1 Å². The monoisotopic (exact) mass is 448 g/mol. The first-order valence-corrected chi connectivity index (χ1v) is 11.2. The molecule has 0 N–H and O–H groups in total. The van der Waals surface area contributed by atoms with E-state index in [4.69, 9.17) is 0 Å². The number of nitrogens with zero attached hydrogens (tertiary/aromatic N) is 6. The van der Waals surface area contributed by atoms with E-state index in [9.17, 15) is 14.0 Å². The Morgan fingerprint density at radius 1 is 1.03 bits per heavy atom. The second-order valence-corrected chi connectivity index (χ2v) is 8.22. The third-order valence-electron chi connectivity index (χ3n) is 6.09. The number of hydrogen-bond acceptors (Lipinski definition) is 5. The van der Waals surface area contributed by atoms with Gasteiger partial charge < -0.3 is 9.80 Å². The van der Waals surface area contributed by atoms with Crippen LogP contribution in [0.25, 0.3) is 16.6 Å². The Labute approximate surface area is 189 Å². The predicted octanol–water partition coefficient (Wildman–Crippen LogP) is 2.48. The molecule has 1 fully saturated rings. The Kier molecular flexibility index (Phi) is 5.53. The highest BCUT2D eigenvalue weighted by atomic mass is 19.1.